The Labute approximate surface area is 176 Å². The van der Waals surface area contributed by atoms with Crippen LogP contribution in [-0.4, -0.2) is 34.0 Å². The number of hydrogen-bond donors (Lipinski definition) is 0. The van der Waals surface area contributed by atoms with Gasteiger partial charge >= 0.3 is 0 Å². The molecule has 0 aliphatic carbocycles. The van der Waals surface area contributed by atoms with Crippen molar-refractivity contribution in [2.75, 3.05) is 13.1 Å². The number of hydrogen-bond acceptors (Lipinski definition) is 4. The molecule has 0 radical (unpaired) electrons. The van der Waals surface area contributed by atoms with Gasteiger partial charge in [0.1, 0.15) is 0 Å². The van der Waals surface area contributed by atoms with Crippen LogP contribution < -0.4 is 0 Å². The monoisotopic (exact) mass is 447 g/mol. The van der Waals surface area contributed by atoms with Gasteiger partial charge in [0.15, 0.2) is 0 Å². The third-order valence-corrected chi connectivity index (χ3v) is 5.68. The maximum Gasteiger partial charge on any atom is 0.231 e. The Hall–Kier alpha value is -1.69. The second-order valence-corrected chi connectivity index (χ2v) is 10.1. The molecule has 0 N–H and O–H groups in total. The lowest BCUT2D eigenvalue weighted by Gasteiger charge is -2.32. The van der Waals surface area contributed by atoms with Gasteiger partial charge in [0, 0.05) is 29.5 Å². The SMILES string of the molecule is CC(CC(=O)N1CCCC(c2nc(-c3ccc(Br)cc3)no2)C1)CC(C)(C)C. The second kappa shape index (κ2) is 8.76. The van der Waals surface area contributed by atoms with E-state index < -0.39 is 0 Å². The summed E-state index contributed by atoms with van der Waals surface area (Å²) in [5, 5.41) is 4.15. The van der Waals surface area contributed by atoms with Crippen molar-refractivity contribution in [3.05, 3.63) is 34.6 Å². The lowest BCUT2D eigenvalue weighted by Crippen LogP contribution is -2.40. The molecule has 5 nitrogen and oxygen atoms in total. The third-order valence-electron chi connectivity index (χ3n) is 5.15. The van der Waals surface area contributed by atoms with Gasteiger partial charge < -0.3 is 9.42 Å². The van der Waals surface area contributed by atoms with E-state index in [1.165, 1.54) is 0 Å². The van der Waals surface area contributed by atoms with Crippen molar-refractivity contribution in [2.24, 2.45) is 11.3 Å². The fourth-order valence-electron chi connectivity index (χ4n) is 4.07. The van der Waals surface area contributed by atoms with E-state index in [0.717, 1.165) is 35.8 Å². The minimum atomic E-state index is 0.118. The topological polar surface area (TPSA) is 59.2 Å². The van der Waals surface area contributed by atoms with Crippen LogP contribution in [0.25, 0.3) is 11.4 Å². The maximum atomic E-state index is 12.8. The summed E-state index contributed by atoms with van der Waals surface area (Å²) in [6.07, 6.45) is 3.61. The molecule has 1 fully saturated rings. The number of aromatic nitrogens is 2. The summed E-state index contributed by atoms with van der Waals surface area (Å²) in [5.41, 5.74) is 1.18. The van der Waals surface area contributed by atoms with E-state index in [0.29, 0.717) is 30.6 Å². The molecule has 1 aliphatic rings. The van der Waals surface area contributed by atoms with Crippen molar-refractivity contribution in [2.45, 2.75) is 59.3 Å². The number of benzene rings is 1. The number of piperidine rings is 1. The minimum Gasteiger partial charge on any atom is -0.342 e. The first-order valence-electron chi connectivity index (χ1n) is 10.1. The summed E-state index contributed by atoms with van der Waals surface area (Å²) in [6.45, 7) is 10.3. The molecule has 2 aromatic rings. The Kier molecular flexibility index (Phi) is 6.58. The van der Waals surface area contributed by atoms with E-state index in [4.69, 9.17) is 4.52 Å². The van der Waals surface area contributed by atoms with Crippen molar-refractivity contribution in [3.63, 3.8) is 0 Å². The number of carbonyl (C=O) groups is 1. The third kappa shape index (κ3) is 5.66. The molecule has 1 aromatic carbocycles. The van der Waals surface area contributed by atoms with Crippen LogP contribution in [-0.2, 0) is 4.79 Å². The van der Waals surface area contributed by atoms with Crippen LogP contribution in [0.2, 0.25) is 0 Å². The molecule has 6 heteroatoms. The quantitative estimate of drug-likeness (QED) is 0.592. The fraction of sp³-hybridized carbons (Fsp3) is 0.591. The van der Waals surface area contributed by atoms with Crippen LogP contribution in [0.15, 0.2) is 33.3 Å². The van der Waals surface area contributed by atoms with Gasteiger partial charge in [0.25, 0.3) is 0 Å². The first kappa shape index (κ1) is 21.0. The van der Waals surface area contributed by atoms with Gasteiger partial charge in [-0.1, -0.05) is 48.8 Å². The highest BCUT2D eigenvalue weighted by Gasteiger charge is 2.29. The standard InChI is InChI=1S/C22H30BrN3O2/c1-15(13-22(2,3)4)12-19(27)26-11-5-6-17(14-26)21-24-20(25-28-21)16-7-9-18(23)10-8-16/h7-10,15,17H,5-6,11-14H2,1-4H3. The van der Waals surface area contributed by atoms with Gasteiger partial charge in [-0.3, -0.25) is 4.79 Å². The molecule has 28 heavy (non-hydrogen) atoms. The average Bonchev–Trinajstić information content (AvgIpc) is 3.11. The number of amides is 1. The van der Waals surface area contributed by atoms with Gasteiger partial charge in [-0.2, -0.15) is 4.98 Å². The zero-order chi connectivity index (χ0) is 20.3. The van der Waals surface area contributed by atoms with Gasteiger partial charge in [-0.15, -0.1) is 0 Å². The van der Waals surface area contributed by atoms with Gasteiger partial charge in [0.05, 0.1) is 5.92 Å². The summed E-state index contributed by atoms with van der Waals surface area (Å²) in [4.78, 5) is 19.4. The lowest BCUT2D eigenvalue weighted by molar-refractivity contribution is -0.133. The van der Waals surface area contributed by atoms with Crippen molar-refractivity contribution in [3.8, 4) is 11.4 Å². The van der Waals surface area contributed by atoms with E-state index >= 15 is 0 Å². The summed E-state index contributed by atoms with van der Waals surface area (Å²) in [6, 6.07) is 7.86. The molecule has 2 heterocycles. The number of likely N-dealkylation sites (tertiary alicyclic amines) is 1. The Balaban J connectivity index is 1.62. The summed E-state index contributed by atoms with van der Waals surface area (Å²) < 4.78 is 6.57. The van der Waals surface area contributed by atoms with Crippen molar-refractivity contribution < 1.29 is 9.32 Å². The molecule has 1 aliphatic heterocycles. The van der Waals surface area contributed by atoms with E-state index in [1.807, 2.05) is 29.2 Å². The van der Waals surface area contributed by atoms with E-state index in [1.54, 1.807) is 0 Å². The molecule has 0 saturated carbocycles. The molecular formula is C22H30BrN3O2. The largest absolute Gasteiger partial charge is 0.342 e. The smallest absolute Gasteiger partial charge is 0.231 e. The molecule has 152 valence electrons. The maximum absolute atomic E-state index is 12.8. The predicted octanol–water partition coefficient (Wildman–Crippen LogP) is 5.67. The molecule has 0 bridgehead atoms. The lowest BCUT2D eigenvalue weighted by atomic mass is 9.84. The van der Waals surface area contributed by atoms with E-state index in [9.17, 15) is 4.79 Å². The van der Waals surface area contributed by atoms with Gasteiger partial charge in [-0.05, 0) is 54.9 Å². The van der Waals surface area contributed by atoms with Crippen molar-refractivity contribution >= 4 is 21.8 Å². The van der Waals surface area contributed by atoms with Crippen LogP contribution in [0.1, 0.15) is 65.2 Å². The zero-order valence-electron chi connectivity index (χ0n) is 17.2. The number of nitrogens with zero attached hydrogens (tertiary/aromatic N) is 3. The van der Waals surface area contributed by atoms with Gasteiger partial charge in [0.2, 0.25) is 17.6 Å². The van der Waals surface area contributed by atoms with Crippen LogP contribution >= 0.6 is 15.9 Å². The van der Waals surface area contributed by atoms with Crippen molar-refractivity contribution in [1.82, 2.24) is 15.0 Å². The van der Waals surface area contributed by atoms with Crippen LogP contribution in [0.4, 0.5) is 0 Å². The molecule has 3 rings (SSSR count). The Bertz CT molecular complexity index is 795. The highest BCUT2D eigenvalue weighted by atomic mass is 79.9. The first-order chi connectivity index (χ1) is 13.2. The number of carbonyl (C=O) groups excluding carboxylic acids is 1. The van der Waals surface area contributed by atoms with Crippen LogP contribution in [0.5, 0.6) is 0 Å². The number of rotatable bonds is 5. The molecule has 1 aromatic heterocycles. The minimum absolute atomic E-state index is 0.118. The van der Waals surface area contributed by atoms with E-state index in [-0.39, 0.29) is 17.2 Å². The Morgan fingerprint density at radius 1 is 1.32 bits per heavy atom. The molecule has 1 amide bonds. The highest BCUT2D eigenvalue weighted by Crippen LogP contribution is 2.30. The molecule has 1 saturated heterocycles. The summed E-state index contributed by atoms with van der Waals surface area (Å²) in [7, 11) is 0. The molecular weight excluding hydrogens is 418 g/mol. The Morgan fingerprint density at radius 2 is 2.04 bits per heavy atom. The van der Waals surface area contributed by atoms with E-state index in [2.05, 4.69) is 53.8 Å². The molecule has 0 spiro atoms. The van der Waals surface area contributed by atoms with Gasteiger partial charge in [-0.25, -0.2) is 0 Å². The van der Waals surface area contributed by atoms with Crippen LogP contribution in [0, 0.1) is 11.3 Å². The predicted molar refractivity (Wildman–Crippen MR) is 114 cm³/mol. The highest BCUT2D eigenvalue weighted by molar-refractivity contribution is 9.10. The zero-order valence-corrected chi connectivity index (χ0v) is 18.8. The van der Waals surface area contributed by atoms with Crippen LogP contribution in [0.3, 0.4) is 0 Å². The summed E-state index contributed by atoms with van der Waals surface area (Å²) in [5.74, 6) is 1.99. The normalized spacial score (nSPS) is 18.9. The Morgan fingerprint density at radius 3 is 2.71 bits per heavy atom. The fourth-order valence-corrected chi connectivity index (χ4v) is 4.33. The first-order valence-corrected chi connectivity index (χ1v) is 10.9. The van der Waals surface area contributed by atoms with Crippen molar-refractivity contribution in [1.29, 1.82) is 0 Å². The number of halogens is 1. The summed E-state index contributed by atoms with van der Waals surface area (Å²) >= 11 is 3.44. The molecule has 2 atom stereocenters. The average molecular weight is 448 g/mol. The molecule has 2 unspecified atom stereocenters. The second-order valence-electron chi connectivity index (χ2n) is 9.22.